The number of thioether (sulfide) groups is 1. The lowest BCUT2D eigenvalue weighted by Crippen LogP contribution is -1.93. The van der Waals surface area contributed by atoms with E-state index in [4.69, 9.17) is 11.6 Å². The molecule has 0 N–H and O–H groups in total. The number of halogens is 1. The van der Waals surface area contributed by atoms with E-state index in [1.54, 1.807) is 29.0 Å². The van der Waals surface area contributed by atoms with E-state index in [-0.39, 0.29) is 0 Å². The quantitative estimate of drug-likeness (QED) is 0.509. The Morgan fingerprint density at radius 3 is 2.74 bits per heavy atom. The minimum atomic E-state index is 0.665. The molecule has 23 heavy (non-hydrogen) atoms. The molecule has 0 aliphatic carbocycles. The van der Waals surface area contributed by atoms with Crippen LogP contribution in [0.1, 0.15) is 16.7 Å². The Morgan fingerprint density at radius 1 is 1.17 bits per heavy atom. The second kappa shape index (κ2) is 7.44. The van der Waals surface area contributed by atoms with E-state index >= 15 is 0 Å². The van der Waals surface area contributed by atoms with E-state index in [0.717, 1.165) is 16.5 Å². The predicted molar refractivity (Wildman–Crippen MR) is 95.2 cm³/mol. The number of hydrogen-bond donors (Lipinski definition) is 0. The van der Waals surface area contributed by atoms with Crippen LogP contribution in [-0.2, 0) is 5.75 Å². The van der Waals surface area contributed by atoms with Gasteiger partial charge in [-0.3, -0.25) is 0 Å². The number of hydrogen-bond acceptors (Lipinski definition) is 4. The van der Waals surface area contributed by atoms with E-state index in [1.165, 1.54) is 11.1 Å². The summed E-state index contributed by atoms with van der Waals surface area (Å²) in [6, 6.07) is 16.0. The van der Waals surface area contributed by atoms with E-state index in [9.17, 15) is 0 Å². The summed E-state index contributed by atoms with van der Waals surface area (Å²) in [5.41, 5.74) is 3.36. The maximum Gasteiger partial charge on any atom is 0.212 e. The number of benzene rings is 2. The van der Waals surface area contributed by atoms with Gasteiger partial charge in [-0.15, -0.1) is 10.2 Å². The molecule has 2 aromatic carbocycles. The van der Waals surface area contributed by atoms with E-state index in [0.29, 0.717) is 5.02 Å². The highest BCUT2D eigenvalue weighted by atomic mass is 35.5. The van der Waals surface area contributed by atoms with Crippen molar-refractivity contribution < 1.29 is 0 Å². The van der Waals surface area contributed by atoms with Gasteiger partial charge in [-0.2, -0.15) is 9.78 Å². The molecule has 1 aromatic heterocycles. The predicted octanol–water partition coefficient (Wildman–Crippen LogP) is 4.41. The summed E-state index contributed by atoms with van der Waals surface area (Å²) in [7, 11) is 0. The average Bonchev–Trinajstić information content (AvgIpc) is 3.01. The Kier molecular flexibility index (Phi) is 5.10. The Labute approximate surface area is 144 Å². The van der Waals surface area contributed by atoms with Gasteiger partial charge < -0.3 is 0 Å². The summed E-state index contributed by atoms with van der Waals surface area (Å²) >= 11 is 7.72. The molecule has 0 saturated carbocycles. The van der Waals surface area contributed by atoms with Crippen molar-refractivity contribution in [3.05, 3.63) is 76.6 Å². The molecular weight excluding hydrogens is 328 g/mol. The van der Waals surface area contributed by atoms with E-state index in [1.807, 2.05) is 24.3 Å². The third-order valence-corrected chi connectivity index (χ3v) is 4.56. The third-order valence-electron chi connectivity index (χ3n) is 3.22. The lowest BCUT2D eigenvalue weighted by molar-refractivity contribution is 0.767. The van der Waals surface area contributed by atoms with Crippen LogP contribution >= 0.6 is 23.4 Å². The highest BCUT2D eigenvalue weighted by Crippen LogP contribution is 2.21. The second-order valence-electron chi connectivity index (χ2n) is 5.00. The Morgan fingerprint density at radius 2 is 1.96 bits per heavy atom. The molecule has 3 aromatic rings. The fraction of sp³-hybridized carbons (Fsp3) is 0.118. The van der Waals surface area contributed by atoms with Crippen LogP contribution in [0.4, 0.5) is 0 Å². The molecule has 0 aliphatic rings. The van der Waals surface area contributed by atoms with Crippen LogP contribution in [0.25, 0.3) is 0 Å². The van der Waals surface area contributed by atoms with Crippen LogP contribution in [-0.4, -0.2) is 21.1 Å². The number of aromatic nitrogens is 3. The van der Waals surface area contributed by atoms with Crippen molar-refractivity contribution >= 4 is 29.6 Å². The monoisotopic (exact) mass is 342 g/mol. The molecule has 0 radical (unpaired) electrons. The maximum absolute atomic E-state index is 6.12. The fourth-order valence-corrected chi connectivity index (χ4v) is 2.93. The maximum atomic E-state index is 6.12. The smallest absolute Gasteiger partial charge is 0.195 e. The van der Waals surface area contributed by atoms with Gasteiger partial charge in [0.25, 0.3) is 0 Å². The second-order valence-corrected chi connectivity index (χ2v) is 6.35. The van der Waals surface area contributed by atoms with Crippen molar-refractivity contribution in [3.63, 3.8) is 0 Å². The van der Waals surface area contributed by atoms with Gasteiger partial charge in [-0.1, -0.05) is 71.4 Å². The van der Waals surface area contributed by atoms with E-state index < -0.39 is 0 Å². The first kappa shape index (κ1) is 15.8. The van der Waals surface area contributed by atoms with E-state index in [2.05, 4.69) is 46.5 Å². The SMILES string of the molecule is Cc1ccc(CSc2nncn2/N=C\c2ccccc2Cl)cc1. The Bertz CT molecular complexity index is 811. The highest BCUT2D eigenvalue weighted by Gasteiger charge is 2.05. The van der Waals surface area contributed by atoms with Gasteiger partial charge in [0.2, 0.25) is 5.16 Å². The van der Waals surface area contributed by atoms with Gasteiger partial charge in [0.05, 0.1) is 6.21 Å². The molecule has 4 nitrogen and oxygen atoms in total. The number of aryl methyl sites for hydroxylation is 1. The van der Waals surface area contributed by atoms with Crippen molar-refractivity contribution in [3.8, 4) is 0 Å². The van der Waals surface area contributed by atoms with Crippen LogP contribution in [0.5, 0.6) is 0 Å². The Balaban J connectivity index is 1.70. The molecule has 1 heterocycles. The van der Waals surface area contributed by atoms with Gasteiger partial charge in [-0.25, -0.2) is 0 Å². The standard InChI is InChI=1S/C17H15ClN4S/c1-13-6-8-14(9-7-13)11-23-17-21-19-12-22(17)20-10-15-4-2-3-5-16(15)18/h2-10,12H,11H2,1H3/b20-10-. The number of rotatable bonds is 5. The van der Waals surface area contributed by atoms with Crippen molar-refractivity contribution in [2.75, 3.05) is 0 Å². The van der Waals surface area contributed by atoms with Crippen LogP contribution in [0.3, 0.4) is 0 Å². The summed E-state index contributed by atoms with van der Waals surface area (Å²) in [6.45, 7) is 2.08. The molecule has 0 saturated heterocycles. The lowest BCUT2D eigenvalue weighted by Gasteiger charge is -2.02. The topological polar surface area (TPSA) is 43.1 Å². The fourth-order valence-electron chi connectivity index (χ4n) is 1.93. The highest BCUT2D eigenvalue weighted by molar-refractivity contribution is 7.98. The molecule has 0 aliphatic heterocycles. The van der Waals surface area contributed by atoms with Crippen molar-refractivity contribution in [1.82, 2.24) is 14.9 Å². The summed E-state index contributed by atoms with van der Waals surface area (Å²) in [4.78, 5) is 0. The molecule has 6 heteroatoms. The van der Waals surface area contributed by atoms with Crippen molar-refractivity contribution in [2.24, 2.45) is 5.10 Å². The average molecular weight is 343 g/mol. The zero-order chi connectivity index (χ0) is 16.1. The Hall–Kier alpha value is -2.11. The van der Waals surface area contributed by atoms with Crippen LogP contribution < -0.4 is 0 Å². The van der Waals surface area contributed by atoms with Crippen LogP contribution in [0.2, 0.25) is 5.02 Å². The molecule has 0 fully saturated rings. The lowest BCUT2D eigenvalue weighted by atomic mass is 10.2. The molecule has 0 atom stereocenters. The van der Waals surface area contributed by atoms with Gasteiger partial charge in [0.15, 0.2) is 0 Å². The first-order valence-electron chi connectivity index (χ1n) is 7.09. The largest absolute Gasteiger partial charge is 0.212 e. The summed E-state index contributed by atoms with van der Waals surface area (Å²) < 4.78 is 1.65. The van der Waals surface area contributed by atoms with Gasteiger partial charge in [0, 0.05) is 16.3 Å². The molecule has 0 spiro atoms. The zero-order valence-corrected chi connectivity index (χ0v) is 14.1. The molecule has 0 amide bonds. The number of nitrogens with zero attached hydrogens (tertiary/aromatic N) is 4. The minimum Gasteiger partial charge on any atom is -0.195 e. The van der Waals surface area contributed by atoms with Gasteiger partial charge >= 0.3 is 0 Å². The van der Waals surface area contributed by atoms with Crippen molar-refractivity contribution in [2.45, 2.75) is 17.8 Å². The van der Waals surface area contributed by atoms with Gasteiger partial charge in [-0.05, 0) is 18.6 Å². The molecule has 0 unspecified atom stereocenters. The molecule has 116 valence electrons. The summed E-state index contributed by atoms with van der Waals surface area (Å²) in [5.74, 6) is 0.820. The summed E-state index contributed by atoms with van der Waals surface area (Å²) in [5, 5.41) is 13.8. The first-order valence-corrected chi connectivity index (χ1v) is 8.46. The molecule has 3 rings (SSSR count). The third kappa shape index (κ3) is 4.21. The van der Waals surface area contributed by atoms with Crippen LogP contribution in [0.15, 0.2) is 65.1 Å². The minimum absolute atomic E-state index is 0.665. The first-order chi connectivity index (χ1) is 11.2. The van der Waals surface area contributed by atoms with Crippen molar-refractivity contribution in [1.29, 1.82) is 0 Å². The van der Waals surface area contributed by atoms with Crippen LogP contribution in [0, 0.1) is 6.92 Å². The molecular formula is C17H15ClN4S. The normalized spacial score (nSPS) is 11.2. The molecule has 0 bridgehead atoms. The summed E-state index contributed by atoms with van der Waals surface area (Å²) in [6.07, 6.45) is 3.30. The zero-order valence-electron chi connectivity index (χ0n) is 12.6. The van der Waals surface area contributed by atoms with Gasteiger partial charge in [0.1, 0.15) is 6.33 Å².